The number of amides is 1. The lowest BCUT2D eigenvalue weighted by atomic mass is 10.2. The third kappa shape index (κ3) is 4.34. The van der Waals surface area contributed by atoms with Gasteiger partial charge in [-0.3, -0.25) is 4.79 Å². The number of rotatable bonds is 4. The number of cyclic esters (lactones) is 2. The van der Waals surface area contributed by atoms with Crippen LogP contribution in [0.5, 0.6) is 0 Å². The summed E-state index contributed by atoms with van der Waals surface area (Å²) in [4.78, 5) is 35.4. The molecule has 0 aromatic heterocycles. The van der Waals surface area contributed by atoms with Gasteiger partial charge in [-0.1, -0.05) is 19.9 Å². The van der Waals surface area contributed by atoms with E-state index < -0.39 is 17.7 Å². The second kappa shape index (κ2) is 6.74. The van der Waals surface area contributed by atoms with E-state index in [0.29, 0.717) is 11.4 Å². The van der Waals surface area contributed by atoms with Gasteiger partial charge in [0.1, 0.15) is 0 Å². The molecule has 7 nitrogen and oxygen atoms in total. The van der Waals surface area contributed by atoms with E-state index in [0.717, 1.165) is 0 Å². The summed E-state index contributed by atoms with van der Waals surface area (Å²) in [6.07, 6.45) is 1.23. The fourth-order valence-corrected chi connectivity index (χ4v) is 1.91. The van der Waals surface area contributed by atoms with Crippen LogP contribution in [-0.4, -0.2) is 23.6 Å². The molecular formula is C17H20N2O5. The number of ether oxygens (including phenoxy) is 2. The Hall–Kier alpha value is -2.83. The highest BCUT2D eigenvalue weighted by Crippen LogP contribution is 2.23. The van der Waals surface area contributed by atoms with Crippen LogP contribution in [0.3, 0.4) is 0 Å². The van der Waals surface area contributed by atoms with Crippen LogP contribution >= 0.6 is 0 Å². The van der Waals surface area contributed by atoms with Crippen molar-refractivity contribution in [3.05, 3.63) is 36.0 Å². The fourth-order valence-electron chi connectivity index (χ4n) is 1.91. The van der Waals surface area contributed by atoms with Crippen molar-refractivity contribution in [2.45, 2.75) is 33.5 Å². The van der Waals surface area contributed by atoms with E-state index in [1.807, 2.05) is 0 Å². The molecule has 2 rings (SSSR count). The van der Waals surface area contributed by atoms with Gasteiger partial charge in [0.05, 0.1) is 0 Å². The number of esters is 2. The fraction of sp³-hybridized carbons (Fsp3) is 0.353. The molecule has 1 aromatic rings. The molecule has 1 amide bonds. The third-order valence-corrected chi connectivity index (χ3v) is 3.15. The Morgan fingerprint density at radius 3 is 2.29 bits per heavy atom. The average Bonchev–Trinajstić information content (AvgIpc) is 2.45. The first-order valence-corrected chi connectivity index (χ1v) is 7.52. The highest BCUT2D eigenvalue weighted by molar-refractivity contribution is 6.15. The number of hydrogen-bond acceptors (Lipinski definition) is 6. The Morgan fingerprint density at radius 1 is 1.12 bits per heavy atom. The minimum Gasteiger partial charge on any atom is -0.419 e. The first-order chi connectivity index (χ1) is 11.2. The molecule has 0 aliphatic carbocycles. The summed E-state index contributed by atoms with van der Waals surface area (Å²) < 4.78 is 10.0. The number of nitrogens with one attached hydrogen (secondary N) is 2. The quantitative estimate of drug-likeness (QED) is 0.499. The molecule has 0 radical (unpaired) electrons. The monoisotopic (exact) mass is 332 g/mol. The number of hydrogen-bond donors (Lipinski definition) is 2. The maximum Gasteiger partial charge on any atom is 0.350 e. The van der Waals surface area contributed by atoms with Gasteiger partial charge in [-0.2, -0.15) is 0 Å². The molecular weight excluding hydrogens is 312 g/mol. The van der Waals surface area contributed by atoms with Gasteiger partial charge in [0, 0.05) is 37.3 Å². The van der Waals surface area contributed by atoms with Crippen molar-refractivity contribution >= 4 is 29.2 Å². The van der Waals surface area contributed by atoms with Crippen LogP contribution in [0.4, 0.5) is 11.4 Å². The summed E-state index contributed by atoms with van der Waals surface area (Å²) >= 11 is 0. The van der Waals surface area contributed by atoms with E-state index in [1.165, 1.54) is 20.0 Å². The van der Waals surface area contributed by atoms with Crippen molar-refractivity contribution in [2.24, 2.45) is 5.92 Å². The second-order valence-electron chi connectivity index (χ2n) is 6.11. The van der Waals surface area contributed by atoms with Crippen molar-refractivity contribution in [3.8, 4) is 0 Å². The summed E-state index contributed by atoms with van der Waals surface area (Å²) in [6.45, 7) is 6.55. The molecule has 2 N–H and O–H groups in total. The predicted molar refractivity (Wildman–Crippen MR) is 87.9 cm³/mol. The zero-order chi connectivity index (χ0) is 17.9. The Bertz CT molecular complexity index is 685. The summed E-state index contributed by atoms with van der Waals surface area (Å²) in [5.41, 5.74) is 0.965. The largest absolute Gasteiger partial charge is 0.419 e. The highest BCUT2D eigenvalue weighted by atomic mass is 16.7. The molecule has 1 saturated heterocycles. The summed E-state index contributed by atoms with van der Waals surface area (Å²) in [6, 6.07) is 6.88. The van der Waals surface area contributed by atoms with Crippen LogP contribution in [0.2, 0.25) is 0 Å². The SMILES string of the molecule is CC(C)C(=O)Nc1cccc(NC=C2C(=O)OC(C)(C)OC2=O)c1. The summed E-state index contributed by atoms with van der Waals surface area (Å²) in [5, 5.41) is 5.60. The minimum absolute atomic E-state index is 0.104. The smallest absolute Gasteiger partial charge is 0.350 e. The standard InChI is InChI=1S/C17H20N2O5/c1-10(2)14(20)19-12-7-5-6-11(8-12)18-9-13-15(21)23-17(3,4)24-16(13)22/h5-10,18H,1-4H3,(H,19,20). The first-order valence-electron chi connectivity index (χ1n) is 7.52. The van der Waals surface area contributed by atoms with Gasteiger partial charge < -0.3 is 20.1 Å². The molecule has 1 heterocycles. The summed E-state index contributed by atoms with van der Waals surface area (Å²) in [5.74, 6) is -3.03. The second-order valence-corrected chi connectivity index (χ2v) is 6.11. The molecule has 128 valence electrons. The van der Waals surface area contributed by atoms with Crippen molar-refractivity contribution in [1.82, 2.24) is 0 Å². The van der Waals surface area contributed by atoms with E-state index in [2.05, 4.69) is 10.6 Å². The van der Waals surface area contributed by atoms with Gasteiger partial charge in [-0.25, -0.2) is 9.59 Å². The molecule has 1 fully saturated rings. The average molecular weight is 332 g/mol. The molecule has 0 saturated carbocycles. The number of anilines is 2. The van der Waals surface area contributed by atoms with E-state index in [1.54, 1.807) is 38.1 Å². The minimum atomic E-state index is -1.27. The van der Waals surface area contributed by atoms with E-state index in [-0.39, 0.29) is 17.4 Å². The van der Waals surface area contributed by atoms with Gasteiger partial charge in [0.25, 0.3) is 5.79 Å². The Balaban J connectivity index is 2.10. The number of benzene rings is 1. The molecule has 0 atom stereocenters. The molecule has 0 unspecified atom stereocenters. The van der Waals surface area contributed by atoms with E-state index in [9.17, 15) is 14.4 Å². The van der Waals surface area contributed by atoms with Crippen LogP contribution in [-0.2, 0) is 23.9 Å². The Morgan fingerprint density at radius 2 is 1.71 bits per heavy atom. The normalized spacial score (nSPS) is 16.3. The van der Waals surface area contributed by atoms with E-state index >= 15 is 0 Å². The first kappa shape index (κ1) is 17.5. The van der Waals surface area contributed by atoms with Crippen LogP contribution in [0.15, 0.2) is 36.0 Å². The molecule has 1 aliphatic heterocycles. The number of carbonyl (C=O) groups excluding carboxylic acids is 3. The van der Waals surface area contributed by atoms with Gasteiger partial charge in [-0.05, 0) is 18.2 Å². The van der Waals surface area contributed by atoms with Crippen LogP contribution in [0.25, 0.3) is 0 Å². The molecule has 7 heteroatoms. The Kier molecular flexibility index (Phi) is 4.92. The molecule has 0 bridgehead atoms. The lowest BCUT2D eigenvalue weighted by Gasteiger charge is -2.29. The van der Waals surface area contributed by atoms with Crippen molar-refractivity contribution in [3.63, 3.8) is 0 Å². The van der Waals surface area contributed by atoms with Crippen molar-refractivity contribution in [1.29, 1.82) is 0 Å². The highest BCUT2D eigenvalue weighted by Gasteiger charge is 2.38. The summed E-state index contributed by atoms with van der Waals surface area (Å²) in [7, 11) is 0. The van der Waals surface area contributed by atoms with Gasteiger partial charge in [0.15, 0.2) is 5.57 Å². The van der Waals surface area contributed by atoms with E-state index in [4.69, 9.17) is 9.47 Å². The van der Waals surface area contributed by atoms with Crippen LogP contribution in [0.1, 0.15) is 27.7 Å². The maximum atomic E-state index is 11.8. The van der Waals surface area contributed by atoms with Crippen LogP contribution < -0.4 is 10.6 Å². The number of carbonyl (C=O) groups is 3. The van der Waals surface area contributed by atoms with Crippen LogP contribution in [0, 0.1) is 5.92 Å². The zero-order valence-electron chi connectivity index (χ0n) is 14.0. The van der Waals surface area contributed by atoms with Crippen molar-refractivity contribution < 1.29 is 23.9 Å². The van der Waals surface area contributed by atoms with Gasteiger partial charge in [0.2, 0.25) is 5.91 Å². The van der Waals surface area contributed by atoms with Crippen molar-refractivity contribution in [2.75, 3.05) is 10.6 Å². The lowest BCUT2D eigenvalue weighted by Crippen LogP contribution is -2.42. The topological polar surface area (TPSA) is 93.7 Å². The molecule has 1 aromatic carbocycles. The third-order valence-electron chi connectivity index (χ3n) is 3.15. The molecule has 24 heavy (non-hydrogen) atoms. The van der Waals surface area contributed by atoms with Gasteiger partial charge >= 0.3 is 11.9 Å². The molecule has 1 aliphatic rings. The molecule has 0 spiro atoms. The van der Waals surface area contributed by atoms with Gasteiger partial charge in [-0.15, -0.1) is 0 Å². The Labute approximate surface area is 140 Å². The zero-order valence-corrected chi connectivity index (χ0v) is 14.0. The predicted octanol–water partition coefficient (Wildman–Crippen LogP) is 2.41. The maximum absolute atomic E-state index is 11.8. The lowest BCUT2D eigenvalue weighted by molar-refractivity contribution is -0.222.